The molecule has 1 aliphatic heterocycles. The molecule has 0 aliphatic carbocycles. The number of nitrogens with zero attached hydrogens (tertiary/aromatic N) is 2. The second kappa shape index (κ2) is 5.77. The summed E-state index contributed by atoms with van der Waals surface area (Å²) in [5.41, 5.74) is 1.09. The van der Waals surface area contributed by atoms with Gasteiger partial charge < -0.3 is 9.64 Å². The summed E-state index contributed by atoms with van der Waals surface area (Å²) in [6, 6.07) is 5.95. The molecule has 0 radical (unpaired) electrons. The third-order valence-corrected chi connectivity index (χ3v) is 3.15. The predicted molar refractivity (Wildman–Crippen MR) is 64.7 cm³/mol. The minimum absolute atomic E-state index is 0.0770. The number of aromatic nitrogens is 1. The third-order valence-electron chi connectivity index (χ3n) is 3.15. The average molecular weight is 234 g/mol. The van der Waals surface area contributed by atoms with E-state index in [-0.39, 0.29) is 12.5 Å². The maximum Gasteiger partial charge on any atom is 0.248 e. The zero-order valence-corrected chi connectivity index (χ0v) is 10.1. The van der Waals surface area contributed by atoms with Gasteiger partial charge in [0.15, 0.2) is 0 Å². The Morgan fingerprint density at radius 3 is 3.18 bits per heavy atom. The Labute approximate surface area is 102 Å². The number of methoxy groups -OCH3 is 1. The Bertz CT molecular complexity index is 367. The predicted octanol–water partition coefficient (Wildman–Crippen LogP) is 1.43. The molecule has 0 N–H and O–H groups in total. The minimum Gasteiger partial charge on any atom is -0.375 e. The molecule has 4 nitrogen and oxygen atoms in total. The van der Waals surface area contributed by atoms with E-state index in [0.29, 0.717) is 5.92 Å². The van der Waals surface area contributed by atoms with Crippen molar-refractivity contribution in [2.45, 2.75) is 18.8 Å². The molecule has 0 spiro atoms. The van der Waals surface area contributed by atoms with Gasteiger partial charge in [0, 0.05) is 38.0 Å². The molecule has 0 bridgehead atoms. The Kier molecular flexibility index (Phi) is 4.09. The number of amides is 1. The number of ether oxygens (including phenoxy) is 1. The lowest BCUT2D eigenvalue weighted by atomic mass is 9.94. The molecule has 2 heterocycles. The smallest absolute Gasteiger partial charge is 0.248 e. The van der Waals surface area contributed by atoms with Crippen molar-refractivity contribution < 1.29 is 9.53 Å². The number of rotatable bonds is 3. The fourth-order valence-corrected chi connectivity index (χ4v) is 2.28. The second-order valence-electron chi connectivity index (χ2n) is 4.37. The fraction of sp³-hybridized carbons (Fsp3) is 0.538. The van der Waals surface area contributed by atoms with Crippen LogP contribution in [0.1, 0.15) is 24.5 Å². The Balaban J connectivity index is 2.00. The molecule has 92 valence electrons. The highest BCUT2D eigenvalue weighted by Crippen LogP contribution is 2.25. The lowest BCUT2D eigenvalue weighted by molar-refractivity contribution is -0.136. The van der Waals surface area contributed by atoms with Gasteiger partial charge in [0.2, 0.25) is 5.91 Å². The van der Waals surface area contributed by atoms with Crippen LogP contribution in [0.15, 0.2) is 24.4 Å². The normalized spacial score (nSPS) is 20.3. The van der Waals surface area contributed by atoms with Gasteiger partial charge in [0.1, 0.15) is 6.61 Å². The number of likely N-dealkylation sites (tertiary alicyclic amines) is 1. The topological polar surface area (TPSA) is 42.4 Å². The van der Waals surface area contributed by atoms with Crippen molar-refractivity contribution in [2.24, 2.45) is 0 Å². The number of carbonyl (C=O) groups is 1. The first-order valence-electron chi connectivity index (χ1n) is 5.99. The number of hydrogen-bond donors (Lipinski definition) is 0. The molecule has 1 aromatic heterocycles. The quantitative estimate of drug-likeness (QED) is 0.794. The van der Waals surface area contributed by atoms with Gasteiger partial charge in [0.05, 0.1) is 0 Å². The van der Waals surface area contributed by atoms with Crippen molar-refractivity contribution in [2.75, 3.05) is 26.8 Å². The SMILES string of the molecule is COCC(=O)N1CCC[C@@H](c2ccccn2)C1. The molecule has 4 heteroatoms. The van der Waals surface area contributed by atoms with E-state index in [1.54, 1.807) is 7.11 Å². The van der Waals surface area contributed by atoms with Gasteiger partial charge in [0.25, 0.3) is 0 Å². The highest BCUT2D eigenvalue weighted by Gasteiger charge is 2.24. The molecule has 0 unspecified atom stereocenters. The monoisotopic (exact) mass is 234 g/mol. The average Bonchev–Trinajstić information content (AvgIpc) is 2.40. The van der Waals surface area contributed by atoms with Gasteiger partial charge in [-0.3, -0.25) is 9.78 Å². The van der Waals surface area contributed by atoms with Gasteiger partial charge in [-0.2, -0.15) is 0 Å². The van der Waals surface area contributed by atoms with Gasteiger partial charge >= 0.3 is 0 Å². The summed E-state index contributed by atoms with van der Waals surface area (Å²) in [5, 5.41) is 0. The summed E-state index contributed by atoms with van der Waals surface area (Å²) in [7, 11) is 1.55. The first kappa shape index (κ1) is 12.0. The van der Waals surface area contributed by atoms with Crippen molar-refractivity contribution in [3.63, 3.8) is 0 Å². The molecule has 1 aromatic rings. The molecule has 1 fully saturated rings. The van der Waals surface area contributed by atoms with Crippen molar-refractivity contribution in [3.05, 3.63) is 30.1 Å². The van der Waals surface area contributed by atoms with E-state index in [1.807, 2.05) is 29.3 Å². The zero-order valence-electron chi connectivity index (χ0n) is 10.1. The van der Waals surface area contributed by atoms with Crippen molar-refractivity contribution >= 4 is 5.91 Å². The largest absolute Gasteiger partial charge is 0.375 e. The van der Waals surface area contributed by atoms with E-state index in [9.17, 15) is 4.79 Å². The van der Waals surface area contributed by atoms with Crippen LogP contribution in [-0.4, -0.2) is 42.6 Å². The van der Waals surface area contributed by atoms with E-state index >= 15 is 0 Å². The third kappa shape index (κ3) is 3.03. The number of hydrogen-bond acceptors (Lipinski definition) is 3. The number of pyridine rings is 1. The van der Waals surface area contributed by atoms with Crippen LogP contribution in [0.4, 0.5) is 0 Å². The highest BCUT2D eigenvalue weighted by atomic mass is 16.5. The Morgan fingerprint density at radius 2 is 2.47 bits per heavy atom. The summed E-state index contributed by atoms with van der Waals surface area (Å²) in [6.07, 6.45) is 3.95. The summed E-state index contributed by atoms with van der Waals surface area (Å²) >= 11 is 0. The van der Waals surface area contributed by atoms with Crippen LogP contribution < -0.4 is 0 Å². The van der Waals surface area contributed by atoms with E-state index in [1.165, 1.54) is 0 Å². The zero-order chi connectivity index (χ0) is 12.1. The molecule has 1 atom stereocenters. The van der Waals surface area contributed by atoms with Crippen LogP contribution in [0, 0.1) is 0 Å². The molecule has 0 saturated carbocycles. The molecule has 2 rings (SSSR count). The van der Waals surface area contributed by atoms with Crippen LogP contribution in [0.2, 0.25) is 0 Å². The summed E-state index contributed by atoms with van der Waals surface area (Å²) in [5.74, 6) is 0.443. The van der Waals surface area contributed by atoms with Gasteiger partial charge in [-0.1, -0.05) is 6.07 Å². The molecule has 1 amide bonds. The first-order valence-corrected chi connectivity index (χ1v) is 5.99. The van der Waals surface area contributed by atoms with Crippen LogP contribution >= 0.6 is 0 Å². The molecular weight excluding hydrogens is 216 g/mol. The lowest BCUT2D eigenvalue weighted by Crippen LogP contribution is -2.41. The van der Waals surface area contributed by atoms with Crippen molar-refractivity contribution in [1.82, 2.24) is 9.88 Å². The molecular formula is C13H18N2O2. The summed E-state index contributed by atoms with van der Waals surface area (Å²) < 4.78 is 4.89. The van der Waals surface area contributed by atoms with Crippen LogP contribution in [0.3, 0.4) is 0 Å². The lowest BCUT2D eigenvalue weighted by Gasteiger charge is -2.32. The van der Waals surface area contributed by atoms with Gasteiger partial charge in [-0.25, -0.2) is 0 Å². The molecule has 17 heavy (non-hydrogen) atoms. The molecule has 1 aliphatic rings. The van der Waals surface area contributed by atoms with E-state index < -0.39 is 0 Å². The fourth-order valence-electron chi connectivity index (χ4n) is 2.28. The maximum absolute atomic E-state index is 11.8. The summed E-state index contributed by atoms with van der Waals surface area (Å²) in [6.45, 7) is 1.78. The first-order chi connectivity index (χ1) is 8.31. The van der Waals surface area contributed by atoms with Crippen molar-refractivity contribution in [3.8, 4) is 0 Å². The van der Waals surface area contributed by atoms with E-state index in [0.717, 1.165) is 31.6 Å². The highest BCUT2D eigenvalue weighted by molar-refractivity contribution is 5.77. The minimum atomic E-state index is 0.0770. The standard InChI is InChI=1S/C13H18N2O2/c1-17-10-13(16)15-8-4-5-11(9-15)12-6-2-3-7-14-12/h2-3,6-7,11H,4-5,8-10H2,1H3/t11-/m1/s1. The maximum atomic E-state index is 11.8. The Morgan fingerprint density at radius 1 is 1.59 bits per heavy atom. The summed E-state index contributed by atoms with van der Waals surface area (Å²) in [4.78, 5) is 18.0. The van der Waals surface area contributed by atoms with Gasteiger partial charge in [-0.05, 0) is 25.0 Å². The number of piperidine rings is 1. The van der Waals surface area contributed by atoms with Crippen LogP contribution in [-0.2, 0) is 9.53 Å². The molecule has 0 aromatic carbocycles. The van der Waals surface area contributed by atoms with E-state index in [4.69, 9.17) is 4.74 Å². The van der Waals surface area contributed by atoms with Crippen molar-refractivity contribution in [1.29, 1.82) is 0 Å². The van der Waals surface area contributed by atoms with Gasteiger partial charge in [-0.15, -0.1) is 0 Å². The number of carbonyl (C=O) groups excluding carboxylic acids is 1. The van der Waals surface area contributed by atoms with Crippen LogP contribution in [0.25, 0.3) is 0 Å². The Hall–Kier alpha value is -1.42. The van der Waals surface area contributed by atoms with E-state index in [2.05, 4.69) is 4.98 Å². The molecule has 1 saturated heterocycles. The van der Waals surface area contributed by atoms with Crippen LogP contribution in [0.5, 0.6) is 0 Å². The second-order valence-corrected chi connectivity index (χ2v) is 4.37.